The number of nitrogens with two attached hydrogens (primary N) is 1. The molecule has 2 aromatic rings. The summed E-state index contributed by atoms with van der Waals surface area (Å²) in [6.07, 6.45) is 0. The van der Waals surface area contributed by atoms with Gasteiger partial charge in [0.15, 0.2) is 5.82 Å². The summed E-state index contributed by atoms with van der Waals surface area (Å²) in [6, 6.07) is 11.3. The molecule has 0 fully saturated rings. The van der Waals surface area contributed by atoms with Gasteiger partial charge in [-0.25, -0.2) is 4.98 Å². The van der Waals surface area contributed by atoms with Gasteiger partial charge in [0.1, 0.15) is 5.15 Å². The molecule has 5 heteroatoms. The Morgan fingerprint density at radius 3 is 2.37 bits per heavy atom. The van der Waals surface area contributed by atoms with Crippen molar-refractivity contribution in [3.63, 3.8) is 0 Å². The van der Waals surface area contributed by atoms with Crippen molar-refractivity contribution in [1.82, 2.24) is 4.98 Å². The summed E-state index contributed by atoms with van der Waals surface area (Å²) in [5.74, 6) is 0.676. The van der Waals surface area contributed by atoms with Gasteiger partial charge in [0, 0.05) is 12.1 Å². The van der Waals surface area contributed by atoms with Gasteiger partial charge in [-0.1, -0.05) is 35.3 Å². The molecule has 0 amide bonds. The van der Waals surface area contributed by atoms with Crippen molar-refractivity contribution in [2.75, 3.05) is 17.7 Å². The summed E-state index contributed by atoms with van der Waals surface area (Å²) in [5, 5.41) is 1.15. The van der Waals surface area contributed by atoms with Gasteiger partial charge >= 0.3 is 0 Å². The van der Waals surface area contributed by atoms with Crippen LogP contribution in [-0.4, -0.2) is 12.0 Å². The zero-order valence-electron chi connectivity index (χ0n) is 10.8. The number of halogens is 2. The van der Waals surface area contributed by atoms with E-state index < -0.39 is 0 Å². The van der Waals surface area contributed by atoms with Gasteiger partial charge in [-0.05, 0) is 36.8 Å². The van der Waals surface area contributed by atoms with Crippen molar-refractivity contribution in [3.8, 4) is 0 Å². The van der Waals surface area contributed by atoms with Crippen LogP contribution in [0.25, 0.3) is 0 Å². The average molecular weight is 296 g/mol. The van der Waals surface area contributed by atoms with E-state index in [1.807, 2.05) is 36.2 Å². The zero-order valence-corrected chi connectivity index (χ0v) is 12.3. The molecule has 0 aliphatic rings. The number of anilines is 2. The highest BCUT2D eigenvalue weighted by atomic mass is 35.5. The van der Waals surface area contributed by atoms with Crippen molar-refractivity contribution in [2.24, 2.45) is 0 Å². The number of aromatic nitrogens is 1. The fourth-order valence-electron chi connectivity index (χ4n) is 1.87. The quantitative estimate of drug-likeness (QED) is 0.864. The summed E-state index contributed by atoms with van der Waals surface area (Å²) >= 11 is 11.8. The minimum atomic E-state index is 0.116. The standard InChI is InChI=1S/C14H15Cl2N3/c1-9(10-3-5-11(15)6-4-10)19(2)14-12(17)7-8-13(16)18-14/h3-9H,17H2,1-2H3. The first-order chi connectivity index (χ1) is 8.99. The molecule has 1 aromatic heterocycles. The Labute approximate surface area is 123 Å². The van der Waals surface area contributed by atoms with E-state index in [0.29, 0.717) is 16.7 Å². The monoisotopic (exact) mass is 295 g/mol. The number of nitrogen functional groups attached to an aromatic ring is 1. The van der Waals surface area contributed by atoms with E-state index in [-0.39, 0.29) is 6.04 Å². The van der Waals surface area contributed by atoms with Gasteiger partial charge < -0.3 is 10.6 Å². The van der Waals surface area contributed by atoms with E-state index in [4.69, 9.17) is 28.9 Å². The van der Waals surface area contributed by atoms with Crippen LogP contribution in [0.15, 0.2) is 36.4 Å². The predicted octanol–water partition coefficient (Wildman–Crippen LogP) is 4.17. The second-order valence-corrected chi connectivity index (χ2v) is 5.21. The van der Waals surface area contributed by atoms with Crippen LogP contribution < -0.4 is 10.6 Å². The summed E-state index contributed by atoms with van der Waals surface area (Å²) in [4.78, 5) is 6.27. The normalized spacial score (nSPS) is 12.2. The van der Waals surface area contributed by atoms with Crippen LogP contribution in [0, 0.1) is 0 Å². The van der Waals surface area contributed by atoms with Crippen LogP contribution in [0.4, 0.5) is 11.5 Å². The third kappa shape index (κ3) is 3.11. The van der Waals surface area contributed by atoms with Crippen molar-refractivity contribution < 1.29 is 0 Å². The maximum absolute atomic E-state index is 5.95. The lowest BCUT2D eigenvalue weighted by atomic mass is 10.1. The molecule has 0 bridgehead atoms. The van der Waals surface area contributed by atoms with Gasteiger partial charge in [0.2, 0.25) is 0 Å². The topological polar surface area (TPSA) is 42.2 Å². The van der Waals surface area contributed by atoms with E-state index in [2.05, 4.69) is 11.9 Å². The molecule has 0 aliphatic heterocycles. The Kier molecular flexibility index (Phi) is 4.17. The second-order valence-electron chi connectivity index (χ2n) is 4.39. The van der Waals surface area contributed by atoms with Gasteiger partial charge in [-0.2, -0.15) is 0 Å². The zero-order chi connectivity index (χ0) is 14.0. The Morgan fingerprint density at radius 2 is 1.74 bits per heavy atom. The lowest BCUT2D eigenvalue weighted by molar-refractivity contribution is 0.730. The molecule has 0 radical (unpaired) electrons. The van der Waals surface area contributed by atoms with Crippen molar-refractivity contribution in [2.45, 2.75) is 13.0 Å². The largest absolute Gasteiger partial charge is 0.396 e. The van der Waals surface area contributed by atoms with E-state index in [0.717, 1.165) is 10.6 Å². The molecule has 0 spiro atoms. The highest BCUT2D eigenvalue weighted by Gasteiger charge is 2.16. The third-order valence-electron chi connectivity index (χ3n) is 3.14. The molecule has 19 heavy (non-hydrogen) atoms. The van der Waals surface area contributed by atoms with Crippen LogP contribution in [0.1, 0.15) is 18.5 Å². The molecule has 0 saturated heterocycles. The molecular weight excluding hydrogens is 281 g/mol. The fourth-order valence-corrected chi connectivity index (χ4v) is 2.14. The molecule has 1 aromatic carbocycles. The number of benzene rings is 1. The summed E-state index contributed by atoms with van der Waals surface area (Å²) in [7, 11) is 1.94. The molecule has 0 aliphatic carbocycles. The minimum absolute atomic E-state index is 0.116. The number of nitrogens with zero attached hydrogens (tertiary/aromatic N) is 2. The Hall–Kier alpha value is -1.45. The average Bonchev–Trinajstić information content (AvgIpc) is 2.41. The van der Waals surface area contributed by atoms with Crippen molar-refractivity contribution >= 4 is 34.7 Å². The van der Waals surface area contributed by atoms with Crippen molar-refractivity contribution in [3.05, 3.63) is 52.1 Å². The third-order valence-corrected chi connectivity index (χ3v) is 3.60. The van der Waals surface area contributed by atoms with Crippen molar-refractivity contribution in [1.29, 1.82) is 0 Å². The minimum Gasteiger partial charge on any atom is -0.396 e. The number of rotatable bonds is 3. The van der Waals surface area contributed by atoms with Gasteiger partial charge in [0.05, 0.1) is 11.7 Å². The number of pyridine rings is 1. The van der Waals surface area contributed by atoms with Gasteiger partial charge in [-0.3, -0.25) is 0 Å². The molecule has 0 saturated carbocycles. The molecule has 100 valence electrons. The highest BCUT2D eigenvalue weighted by molar-refractivity contribution is 6.30. The lowest BCUT2D eigenvalue weighted by Crippen LogP contribution is -2.23. The summed E-state index contributed by atoms with van der Waals surface area (Å²) < 4.78 is 0. The van der Waals surface area contributed by atoms with Crippen LogP contribution in [0.3, 0.4) is 0 Å². The summed E-state index contributed by atoms with van der Waals surface area (Å²) in [5.41, 5.74) is 7.68. The number of hydrogen-bond acceptors (Lipinski definition) is 3. The van der Waals surface area contributed by atoms with Crippen LogP contribution >= 0.6 is 23.2 Å². The summed E-state index contributed by atoms with van der Waals surface area (Å²) in [6.45, 7) is 2.07. The number of hydrogen-bond donors (Lipinski definition) is 1. The molecule has 2 N–H and O–H groups in total. The SMILES string of the molecule is CC(c1ccc(Cl)cc1)N(C)c1nc(Cl)ccc1N. The van der Waals surface area contributed by atoms with Crippen LogP contribution in [-0.2, 0) is 0 Å². The van der Waals surface area contributed by atoms with Crippen LogP contribution in [0.5, 0.6) is 0 Å². The fraction of sp³-hybridized carbons (Fsp3) is 0.214. The van der Waals surface area contributed by atoms with E-state index in [9.17, 15) is 0 Å². The molecule has 3 nitrogen and oxygen atoms in total. The van der Waals surface area contributed by atoms with Gasteiger partial charge in [0.25, 0.3) is 0 Å². The predicted molar refractivity (Wildman–Crippen MR) is 81.9 cm³/mol. The lowest BCUT2D eigenvalue weighted by Gasteiger charge is -2.27. The molecule has 1 heterocycles. The van der Waals surface area contributed by atoms with Gasteiger partial charge in [-0.15, -0.1) is 0 Å². The first kappa shape index (κ1) is 14.0. The Bertz CT molecular complexity index is 569. The molecule has 2 rings (SSSR count). The van der Waals surface area contributed by atoms with Crippen LogP contribution in [0.2, 0.25) is 10.2 Å². The van der Waals surface area contributed by atoms with E-state index >= 15 is 0 Å². The second kappa shape index (κ2) is 5.68. The highest BCUT2D eigenvalue weighted by Crippen LogP contribution is 2.29. The maximum atomic E-state index is 5.95. The van der Waals surface area contributed by atoms with E-state index in [1.54, 1.807) is 12.1 Å². The van der Waals surface area contributed by atoms with E-state index in [1.165, 1.54) is 0 Å². The molecular formula is C14H15Cl2N3. The Morgan fingerprint density at radius 1 is 1.11 bits per heavy atom. The first-order valence-electron chi connectivity index (χ1n) is 5.89. The maximum Gasteiger partial charge on any atom is 0.153 e. The molecule has 1 unspecified atom stereocenters. The smallest absolute Gasteiger partial charge is 0.153 e. The molecule has 1 atom stereocenters. The first-order valence-corrected chi connectivity index (χ1v) is 6.65. The Balaban J connectivity index is 2.30.